The van der Waals surface area contributed by atoms with Crippen LogP contribution in [0.1, 0.15) is 11.1 Å². The van der Waals surface area contributed by atoms with Gasteiger partial charge in [-0.25, -0.2) is 0 Å². The molecule has 1 aromatic heterocycles. The smallest absolute Gasteiger partial charge is 0.268 e. The van der Waals surface area contributed by atoms with Crippen LogP contribution in [0, 0.1) is 22.7 Å². The van der Waals surface area contributed by atoms with Crippen molar-refractivity contribution in [1.82, 2.24) is 4.98 Å². The van der Waals surface area contributed by atoms with Gasteiger partial charge in [-0.2, -0.15) is 10.5 Å². The van der Waals surface area contributed by atoms with Crippen LogP contribution in [-0.2, 0) is 4.79 Å². The third-order valence-electron chi connectivity index (χ3n) is 3.05. The summed E-state index contributed by atoms with van der Waals surface area (Å²) in [6.45, 7) is -0.406. The molecule has 0 fully saturated rings. The van der Waals surface area contributed by atoms with Crippen LogP contribution in [0.2, 0.25) is 0 Å². The maximum Gasteiger partial charge on any atom is 0.268 e. The third-order valence-corrected chi connectivity index (χ3v) is 3.54. The zero-order chi connectivity index (χ0) is 17.9. The highest BCUT2D eigenvalue weighted by molar-refractivity contribution is 9.10. The van der Waals surface area contributed by atoms with Gasteiger partial charge in [0.05, 0.1) is 0 Å². The lowest BCUT2D eigenvalue weighted by Gasteiger charge is -2.14. The van der Waals surface area contributed by atoms with Crippen LogP contribution in [0.15, 0.2) is 27.5 Å². The molecular formula is C15H10BrN5O3. The number of nitrogens with two attached hydrogens (primary N) is 2. The van der Waals surface area contributed by atoms with E-state index in [-0.39, 0.29) is 33.8 Å². The van der Waals surface area contributed by atoms with Gasteiger partial charge in [-0.05, 0) is 18.2 Å². The van der Waals surface area contributed by atoms with Gasteiger partial charge >= 0.3 is 0 Å². The summed E-state index contributed by atoms with van der Waals surface area (Å²) in [7, 11) is 0. The molecule has 0 radical (unpaired) electrons. The lowest BCUT2D eigenvalue weighted by molar-refractivity contribution is -0.119. The van der Waals surface area contributed by atoms with Gasteiger partial charge in [0.15, 0.2) is 6.61 Å². The van der Waals surface area contributed by atoms with Crippen molar-refractivity contribution in [1.29, 1.82) is 10.5 Å². The molecule has 1 heterocycles. The summed E-state index contributed by atoms with van der Waals surface area (Å²) in [6, 6.07) is 8.33. The van der Waals surface area contributed by atoms with E-state index in [0.717, 1.165) is 0 Å². The number of halogens is 1. The summed E-state index contributed by atoms with van der Waals surface area (Å²) >= 11 is 3.27. The van der Waals surface area contributed by atoms with Gasteiger partial charge in [-0.15, -0.1) is 0 Å². The first kappa shape index (κ1) is 17.1. The molecule has 120 valence electrons. The predicted octanol–water partition coefficient (Wildman–Crippen LogP) is 0.994. The van der Waals surface area contributed by atoms with Crippen LogP contribution in [-0.4, -0.2) is 17.5 Å². The van der Waals surface area contributed by atoms with Crippen LogP contribution in [0.25, 0.3) is 11.1 Å². The fraction of sp³-hybridized carbons (Fsp3) is 0.0667. The molecule has 0 spiro atoms. The lowest BCUT2D eigenvalue weighted by atomic mass is 9.96. The molecule has 8 nitrogen and oxygen atoms in total. The van der Waals surface area contributed by atoms with E-state index >= 15 is 0 Å². The molecular weight excluding hydrogens is 378 g/mol. The largest absolute Gasteiger partial charge is 0.483 e. The molecule has 0 atom stereocenters. The number of hydrogen-bond donors (Lipinski definition) is 3. The van der Waals surface area contributed by atoms with Crippen molar-refractivity contribution < 1.29 is 9.53 Å². The first-order valence-corrected chi connectivity index (χ1v) is 7.25. The summed E-state index contributed by atoms with van der Waals surface area (Å²) < 4.78 is 5.93. The van der Waals surface area contributed by atoms with Gasteiger partial charge in [0.2, 0.25) is 0 Å². The minimum absolute atomic E-state index is 0.0296. The topological polar surface area (TPSA) is 159 Å². The van der Waals surface area contributed by atoms with E-state index in [1.807, 2.05) is 6.07 Å². The number of anilines is 1. The second-order valence-electron chi connectivity index (χ2n) is 4.61. The summed E-state index contributed by atoms with van der Waals surface area (Å²) in [5.41, 5.74) is 9.95. The van der Waals surface area contributed by atoms with Gasteiger partial charge in [-0.3, -0.25) is 9.59 Å². The van der Waals surface area contributed by atoms with Crippen molar-refractivity contribution in [2.24, 2.45) is 5.73 Å². The molecule has 0 aliphatic rings. The van der Waals surface area contributed by atoms with Gasteiger partial charge in [-0.1, -0.05) is 15.9 Å². The fourth-order valence-electron chi connectivity index (χ4n) is 2.08. The number of nitrogens with one attached hydrogen (secondary N) is 1. The quantitative estimate of drug-likeness (QED) is 0.708. The average Bonchev–Trinajstić information content (AvgIpc) is 2.52. The number of hydrogen-bond acceptors (Lipinski definition) is 6. The van der Waals surface area contributed by atoms with Crippen molar-refractivity contribution in [2.45, 2.75) is 0 Å². The Morgan fingerprint density at radius 1 is 1.29 bits per heavy atom. The fourth-order valence-corrected chi connectivity index (χ4v) is 2.45. The number of amides is 1. The highest BCUT2D eigenvalue weighted by Gasteiger charge is 2.21. The average molecular weight is 388 g/mol. The number of benzene rings is 1. The van der Waals surface area contributed by atoms with E-state index in [4.69, 9.17) is 16.2 Å². The minimum atomic E-state index is -0.732. The Labute approximate surface area is 144 Å². The Bertz CT molecular complexity index is 969. The van der Waals surface area contributed by atoms with Crippen molar-refractivity contribution in [3.05, 3.63) is 44.2 Å². The van der Waals surface area contributed by atoms with Crippen LogP contribution >= 0.6 is 15.9 Å². The first-order valence-electron chi connectivity index (χ1n) is 6.46. The van der Waals surface area contributed by atoms with Crippen molar-refractivity contribution in [3.8, 4) is 29.0 Å². The molecule has 0 bridgehead atoms. The highest BCUT2D eigenvalue weighted by Crippen LogP contribution is 2.37. The molecule has 24 heavy (non-hydrogen) atoms. The number of nitrogen functional groups attached to an aromatic ring is 1. The number of carbonyl (C=O) groups is 1. The predicted molar refractivity (Wildman–Crippen MR) is 88.7 cm³/mol. The minimum Gasteiger partial charge on any atom is -0.483 e. The van der Waals surface area contributed by atoms with E-state index < -0.39 is 18.1 Å². The number of H-pyrrole nitrogens is 1. The number of rotatable bonds is 4. The van der Waals surface area contributed by atoms with Crippen LogP contribution in [0.3, 0.4) is 0 Å². The zero-order valence-electron chi connectivity index (χ0n) is 12.1. The lowest BCUT2D eigenvalue weighted by Crippen LogP contribution is -2.20. The summed E-state index contributed by atoms with van der Waals surface area (Å²) in [5, 5.41) is 18.7. The Morgan fingerprint density at radius 3 is 2.54 bits per heavy atom. The second kappa shape index (κ2) is 6.86. The van der Waals surface area contributed by atoms with E-state index in [1.165, 1.54) is 6.07 Å². The Morgan fingerprint density at radius 2 is 1.96 bits per heavy atom. The molecule has 0 aliphatic heterocycles. The van der Waals surface area contributed by atoms with Gasteiger partial charge < -0.3 is 21.2 Å². The number of pyridine rings is 1. The monoisotopic (exact) mass is 387 g/mol. The Hall–Kier alpha value is -3.30. The maximum atomic E-state index is 12.0. The molecule has 2 rings (SSSR count). The molecule has 1 amide bonds. The first-order chi connectivity index (χ1) is 11.4. The second-order valence-corrected chi connectivity index (χ2v) is 5.53. The van der Waals surface area contributed by atoms with E-state index in [0.29, 0.717) is 4.47 Å². The van der Waals surface area contributed by atoms with E-state index in [9.17, 15) is 20.1 Å². The van der Waals surface area contributed by atoms with Crippen molar-refractivity contribution >= 4 is 27.7 Å². The molecule has 0 aliphatic carbocycles. The number of nitriles is 2. The van der Waals surface area contributed by atoms with Crippen LogP contribution in [0.4, 0.5) is 5.82 Å². The molecule has 2 aromatic rings. The van der Waals surface area contributed by atoms with Crippen LogP contribution < -0.4 is 21.8 Å². The van der Waals surface area contributed by atoms with Gasteiger partial charge in [0, 0.05) is 15.6 Å². The number of ether oxygens (including phenoxy) is 1. The molecule has 9 heteroatoms. The molecule has 0 unspecified atom stereocenters. The standard InChI is InChI=1S/C15H10BrN5O3/c16-7-1-2-11(24-6-12(19)22)8(3-7)13-9(4-17)14(20)21-15(23)10(13)5-18/h1-3H,6H2,(H2,19,22)(H3,20,21,23). The summed E-state index contributed by atoms with van der Waals surface area (Å²) in [5.74, 6) is -0.692. The maximum absolute atomic E-state index is 12.0. The number of primary amides is 1. The number of aromatic amines is 1. The SMILES string of the molecule is N#Cc1c(N)[nH]c(=O)c(C#N)c1-c1cc(Br)ccc1OCC(N)=O. The third kappa shape index (κ3) is 3.21. The Balaban J connectivity index is 2.84. The van der Waals surface area contributed by atoms with E-state index in [1.54, 1.807) is 18.2 Å². The van der Waals surface area contributed by atoms with Gasteiger partial charge in [0.25, 0.3) is 11.5 Å². The molecule has 0 saturated carbocycles. The van der Waals surface area contributed by atoms with Crippen molar-refractivity contribution in [2.75, 3.05) is 12.3 Å². The zero-order valence-corrected chi connectivity index (χ0v) is 13.7. The van der Waals surface area contributed by atoms with Gasteiger partial charge in [0.1, 0.15) is 34.8 Å². The molecule has 5 N–H and O–H groups in total. The highest BCUT2D eigenvalue weighted by atomic mass is 79.9. The summed E-state index contributed by atoms with van der Waals surface area (Å²) in [6.07, 6.45) is 0. The Kier molecular flexibility index (Phi) is 4.87. The van der Waals surface area contributed by atoms with Crippen molar-refractivity contribution in [3.63, 3.8) is 0 Å². The van der Waals surface area contributed by atoms with E-state index in [2.05, 4.69) is 20.9 Å². The normalized spacial score (nSPS) is 9.79. The number of carbonyl (C=O) groups excluding carboxylic acids is 1. The number of aromatic nitrogens is 1. The number of nitrogens with zero attached hydrogens (tertiary/aromatic N) is 2. The molecule has 1 aromatic carbocycles. The van der Waals surface area contributed by atoms with Crippen LogP contribution in [0.5, 0.6) is 5.75 Å². The molecule has 0 saturated heterocycles. The summed E-state index contributed by atoms with van der Waals surface area (Å²) in [4.78, 5) is 25.2.